The number of hydrogen-bond donors (Lipinski definition) is 2. The Balaban J connectivity index is 1.59. The van der Waals surface area contributed by atoms with Crippen molar-refractivity contribution in [2.75, 3.05) is 39.8 Å². The van der Waals surface area contributed by atoms with E-state index in [1.54, 1.807) is 0 Å². The molecule has 154 valence electrons. The van der Waals surface area contributed by atoms with Gasteiger partial charge in [-0.05, 0) is 32.4 Å². The van der Waals surface area contributed by atoms with Crippen LogP contribution in [-0.4, -0.2) is 67.4 Å². The molecule has 1 unspecified atom stereocenters. The molecule has 1 aliphatic heterocycles. The van der Waals surface area contributed by atoms with Crippen LogP contribution >= 0.6 is 0 Å². The molecule has 6 heteroatoms. The number of likely N-dealkylation sites (N-methyl/N-ethyl adjacent to an activating group) is 1. The van der Waals surface area contributed by atoms with Gasteiger partial charge in [-0.1, -0.05) is 49.1 Å². The third-order valence-corrected chi connectivity index (χ3v) is 6.04. The Morgan fingerprint density at radius 2 is 1.64 bits per heavy atom. The van der Waals surface area contributed by atoms with Crippen LogP contribution < -0.4 is 10.6 Å². The van der Waals surface area contributed by atoms with Crippen LogP contribution in [0.25, 0.3) is 0 Å². The quantitative estimate of drug-likeness (QED) is 0.758. The minimum atomic E-state index is -0.517. The van der Waals surface area contributed by atoms with Crippen molar-refractivity contribution >= 4 is 11.8 Å². The van der Waals surface area contributed by atoms with E-state index in [2.05, 4.69) is 58.7 Å². The first-order valence-electron chi connectivity index (χ1n) is 10.6. The maximum absolute atomic E-state index is 12.4. The number of aryl methyl sites for hydroxylation is 1. The number of rotatable bonds is 5. The summed E-state index contributed by atoms with van der Waals surface area (Å²) in [5, 5.41) is 5.79. The zero-order valence-corrected chi connectivity index (χ0v) is 17.2. The molecular weight excluding hydrogens is 352 g/mol. The Morgan fingerprint density at radius 3 is 2.29 bits per heavy atom. The fraction of sp³-hybridized carbons (Fsp3) is 0.636. The molecule has 1 atom stereocenters. The molecule has 2 aliphatic rings. The molecule has 1 aromatic rings. The molecule has 6 nitrogen and oxygen atoms in total. The molecule has 2 N–H and O–H groups in total. The lowest BCUT2D eigenvalue weighted by Gasteiger charge is -2.38. The largest absolute Gasteiger partial charge is 0.346 e. The second-order valence-corrected chi connectivity index (χ2v) is 8.28. The number of carbonyl (C=O) groups excluding carboxylic acids is 2. The van der Waals surface area contributed by atoms with Crippen molar-refractivity contribution in [3.8, 4) is 0 Å². The summed E-state index contributed by atoms with van der Waals surface area (Å²) in [7, 11) is 2.13. The minimum Gasteiger partial charge on any atom is -0.346 e. The molecule has 0 spiro atoms. The Bertz CT molecular complexity index is 647. The highest BCUT2D eigenvalue weighted by atomic mass is 16.2. The molecule has 28 heavy (non-hydrogen) atoms. The molecule has 0 bridgehead atoms. The molecule has 1 heterocycles. The van der Waals surface area contributed by atoms with Crippen LogP contribution in [0.5, 0.6) is 0 Å². The topological polar surface area (TPSA) is 64.7 Å². The van der Waals surface area contributed by atoms with Crippen molar-refractivity contribution < 1.29 is 9.59 Å². The van der Waals surface area contributed by atoms with Gasteiger partial charge in [0.05, 0.1) is 6.04 Å². The monoisotopic (exact) mass is 386 g/mol. The van der Waals surface area contributed by atoms with E-state index >= 15 is 0 Å². The lowest BCUT2D eigenvalue weighted by Crippen LogP contribution is -2.50. The first kappa shape index (κ1) is 20.8. The van der Waals surface area contributed by atoms with Gasteiger partial charge in [0.25, 0.3) is 0 Å². The van der Waals surface area contributed by atoms with E-state index < -0.39 is 11.8 Å². The predicted octanol–water partition coefficient (Wildman–Crippen LogP) is 1.85. The van der Waals surface area contributed by atoms with Crippen molar-refractivity contribution in [1.82, 2.24) is 20.4 Å². The van der Waals surface area contributed by atoms with E-state index in [1.807, 2.05) is 0 Å². The molecule has 0 radical (unpaired) electrons. The molecule has 1 saturated heterocycles. The van der Waals surface area contributed by atoms with Gasteiger partial charge < -0.3 is 15.5 Å². The van der Waals surface area contributed by atoms with E-state index in [-0.39, 0.29) is 12.1 Å². The SMILES string of the molecule is Cc1ccc(C(CNC(=O)C(=O)NC2CCCCC2)N2CCN(C)CC2)cc1. The first-order chi connectivity index (χ1) is 13.5. The fourth-order valence-electron chi connectivity index (χ4n) is 4.15. The summed E-state index contributed by atoms with van der Waals surface area (Å²) in [6, 6.07) is 8.71. The van der Waals surface area contributed by atoms with Gasteiger partial charge in [-0.15, -0.1) is 0 Å². The summed E-state index contributed by atoms with van der Waals surface area (Å²) >= 11 is 0. The number of benzene rings is 1. The average molecular weight is 387 g/mol. The van der Waals surface area contributed by atoms with Crippen molar-refractivity contribution in [3.05, 3.63) is 35.4 Å². The fourth-order valence-corrected chi connectivity index (χ4v) is 4.15. The Labute approximate surface area is 168 Å². The van der Waals surface area contributed by atoms with E-state index in [4.69, 9.17) is 0 Å². The Hall–Kier alpha value is -1.92. The molecule has 3 rings (SSSR count). The van der Waals surface area contributed by atoms with Crippen LogP contribution in [0.2, 0.25) is 0 Å². The normalized spacial score (nSPS) is 20.5. The van der Waals surface area contributed by atoms with Crippen molar-refractivity contribution in [2.45, 2.75) is 51.1 Å². The average Bonchev–Trinajstić information content (AvgIpc) is 2.71. The van der Waals surface area contributed by atoms with Crippen molar-refractivity contribution in [3.63, 3.8) is 0 Å². The summed E-state index contributed by atoms with van der Waals surface area (Å²) in [6.45, 7) is 6.46. The number of amides is 2. The van der Waals surface area contributed by atoms with E-state index in [9.17, 15) is 9.59 Å². The molecule has 2 fully saturated rings. The lowest BCUT2D eigenvalue weighted by atomic mass is 9.95. The summed E-state index contributed by atoms with van der Waals surface area (Å²) in [5.74, 6) is -1.01. The number of carbonyl (C=O) groups is 2. The zero-order chi connectivity index (χ0) is 19.9. The van der Waals surface area contributed by atoms with Crippen molar-refractivity contribution in [1.29, 1.82) is 0 Å². The van der Waals surface area contributed by atoms with Crippen molar-refractivity contribution in [2.24, 2.45) is 0 Å². The van der Waals surface area contributed by atoms with Gasteiger partial charge in [0, 0.05) is 38.8 Å². The molecule has 1 aromatic carbocycles. The van der Waals surface area contributed by atoms with Gasteiger partial charge in [0.2, 0.25) is 0 Å². The van der Waals surface area contributed by atoms with Gasteiger partial charge >= 0.3 is 11.8 Å². The molecule has 1 aliphatic carbocycles. The standard InChI is InChI=1S/C22H34N4O2/c1-17-8-10-18(11-9-17)20(26-14-12-25(2)13-15-26)16-23-21(27)22(28)24-19-6-4-3-5-7-19/h8-11,19-20H,3-7,12-16H2,1-2H3,(H,23,27)(H,24,28). The predicted molar refractivity (Wildman–Crippen MR) is 111 cm³/mol. The van der Waals surface area contributed by atoms with Gasteiger partial charge in [0.1, 0.15) is 0 Å². The van der Waals surface area contributed by atoms with Crippen LogP contribution in [0, 0.1) is 6.92 Å². The maximum atomic E-state index is 12.4. The minimum absolute atomic E-state index is 0.0840. The highest BCUT2D eigenvalue weighted by Gasteiger charge is 2.26. The number of hydrogen-bond acceptors (Lipinski definition) is 4. The summed E-state index contributed by atoms with van der Waals surface area (Å²) in [6.07, 6.45) is 5.44. The third-order valence-electron chi connectivity index (χ3n) is 6.04. The second kappa shape index (κ2) is 10.0. The van der Waals surface area contributed by atoms with Gasteiger partial charge in [-0.2, -0.15) is 0 Å². The number of piperazine rings is 1. The van der Waals surface area contributed by atoms with Crippen LogP contribution in [0.1, 0.15) is 49.3 Å². The lowest BCUT2D eigenvalue weighted by molar-refractivity contribution is -0.139. The molecule has 1 saturated carbocycles. The van der Waals surface area contributed by atoms with Crippen LogP contribution in [-0.2, 0) is 9.59 Å². The molecule has 2 amide bonds. The first-order valence-corrected chi connectivity index (χ1v) is 10.6. The van der Waals surface area contributed by atoms with Gasteiger partial charge in [-0.3, -0.25) is 14.5 Å². The number of nitrogens with zero attached hydrogens (tertiary/aromatic N) is 2. The summed E-state index contributed by atoms with van der Waals surface area (Å²) in [4.78, 5) is 29.4. The summed E-state index contributed by atoms with van der Waals surface area (Å²) in [5.41, 5.74) is 2.40. The highest BCUT2D eigenvalue weighted by molar-refractivity contribution is 6.35. The Kier molecular flexibility index (Phi) is 7.45. The smallest absolute Gasteiger partial charge is 0.309 e. The second-order valence-electron chi connectivity index (χ2n) is 8.28. The highest BCUT2D eigenvalue weighted by Crippen LogP contribution is 2.22. The van der Waals surface area contributed by atoms with E-state index in [0.717, 1.165) is 51.9 Å². The number of nitrogens with one attached hydrogen (secondary N) is 2. The Morgan fingerprint density at radius 1 is 1.00 bits per heavy atom. The molecule has 0 aromatic heterocycles. The van der Waals surface area contributed by atoms with E-state index in [0.29, 0.717) is 6.54 Å². The van der Waals surface area contributed by atoms with E-state index in [1.165, 1.54) is 17.5 Å². The van der Waals surface area contributed by atoms with Crippen LogP contribution in [0.4, 0.5) is 0 Å². The van der Waals surface area contributed by atoms with Crippen LogP contribution in [0.15, 0.2) is 24.3 Å². The summed E-state index contributed by atoms with van der Waals surface area (Å²) < 4.78 is 0. The van der Waals surface area contributed by atoms with Gasteiger partial charge in [-0.25, -0.2) is 0 Å². The zero-order valence-electron chi connectivity index (χ0n) is 17.2. The van der Waals surface area contributed by atoms with Crippen LogP contribution in [0.3, 0.4) is 0 Å². The van der Waals surface area contributed by atoms with Gasteiger partial charge in [0.15, 0.2) is 0 Å². The maximum Gasteiger partial charge on any atom is 0.309 e. The molecular formula is C22H34N4O2. The third kappa shape index (κ3) is 5.79.